The summed E-state index contributed by atoms with van der Waals surface area (Å²) < 4.78 is 41.9. The maximum atomic E-state index is 12.9. The summed E-state index contributed by atoms with van der Waals surface area (Å²) in [5, 5.41) is 0. The Morgan fingerprint density at radius 3 is 2.61 bits per heavy atom. The van der Waals surface area contributed by atoms with Gasteiger partial charge in [0.25, 0.3) is 5.91 Å². The lowest BCUT2D eigenvalue weighted by Gasteiger charge is -2.31. The van der Waals surface area contributed by atoms with Crippen LogP contribution < -0.4 is 4.74 Å². The van der Waals surface area contributed by atoms with E-state index in [1.807, 2.05) is 6.07 Å². The van der Waals surface area contributed by atoms with Gasteiger partial charge in [-0.3, -0.25) is 4.79 Å². The van der Waals surface area contributed by atoms with Gasteiger partial charge in [-0.15, -0.1) is 0 Å². The van der Waals surface area contributed by atoms with Crippen LogP contribution in [-0.2, 0) is 19.5 Å². The first kappa shape index (κ1) is 21.0. The van der Waals surface area contributed by atoms with Gasteiger partial charge >= 0.3 is 0 Å². The molecule has 2 aliphatic rings. The Kier molecular flexibility index (Phi) is 6.92. The van der Waals surface area contributed by atoms with Crippen molar-refractivity contribution < 1.29 is 27.4 Å². The number of carbonyl (C=O) groups is 1. The first-order valence-corrected chi connectivity index (χ1v) is 11.3. The van der Waals surface area contributed by atoms with Crippen LogP contribution in [0.1, 0.15) is 23.2 Å². The minimum atomic E-state index is -3.17. The average Bonchev–Trinajstić information content (AvgIpc) is 2.68. The number of carbonyl (C=O) groups excluding carboxylic acids is 1. The van der Waals surface area contributed by atoms with Gasteiger partial charge in [-0.2, -0.15) is 0 Å². The molecule has 1 aromatic rings. The van der Waals surface area contributed by atoms with Crippen molar-refractivity contribution in [2.75, 3.05) is 52.8 Å². The van der Waals surface area contributed by atoms with Crippen molar-refractivity contribution in [1.82, 2.24) is 9.21 Å². The zero-order chi connectivity index (χ0) is 20.1. The fourth-order valence-electron chi connectivity index (χ4n) is 3.44. The molecule has 9 heteroatoms. The molecule has 156 valence electrons. The number of hydrogen-bond donors (Lipinski definition) is 0. The quantitative estimate of drug-likeness (QED) is 0.692. The number of nitrogens with zero attached hydrogens (tertiary/aromatic N) is 2. The largest absolute Gasteiger partial charge is 0.489 e. The maximum Gasteiger partial charge on any atom is 0.257 e. The van der Waals surface area contributed by atoms with Crippen molar-refractivity contribution in [3.63, 3.8) is 0 Å². The van der Waals surface area contributed by atoms with E-state index in [-0.39, 0.29) is 18.1 Å². The average molecular weight is 413 g/mol. The Morgan fingerprint density at radius 1 is 1.25 bits per heavy atom. The Balaban J connectivity index is 1.62. The van der Waals surface area contributed by atoms with Crippen molar-refractivity contribution in [2.24, 2.45) is 0 Å². The topological polar surface area (TPSA) is 85.4 Å². The van der Waals surface area contributed by atoms with Crippen LogP contribution in [0.2, 0.25) is 0 Å². The van der Waals surface area contributed by atoms with Gasteiger partial charge in [-0.1, -0.05) is 12.1 Å². The highest BCUT2D eigenvalue weighted by atomic mass is 32.2. The van der Waals surface area contributed by atoms with E-state index in [1.54, 1.807) is 30.1 Å². The van der Waals surface area contributed by atoms with Gasteiger partial charge < -0.3 is 19.1 Å². The van der Waals surface area contributed by atoms with Crippen molar-refractivity contribution >= 4 is 15.9 Å². The number of rotatable bonds is 6. The van der Waals surface area contributed by atoms with Crippen molar-refractivity contribution in [3.8, 4) is 5.75 Å². The Labute approximate surface area is 166 Å². The van der Waals surface area contributed by atoms with E-state index < -0.39 is 10.0 Å². The van der Waals surface area contributed by atoms with Crippen LogP contribution in [0.5, 0.6) is 5.75 Å². The van der Waals surface area contributed by atoms with E-state index in [0.29, 0.717) is 63.6 Å². The van der Waals surface area contributed by atoms with Crippen LogP contribution in [-0.4, -0.2) is 88.5 Å². The molecule has 1 aromatic carbocycles. The molecule has 1 atom stereocenters. The predicted octanol–water partition coefficient (Wildman–Crippen LogP) is 0.977. The lowest BCUT2D eigenvalue weighted by molar-refractivity contribution is -0.0933. The van der Waals surface area contributed by atoms with E-state index in [0.717, 1.165) is 0 Å². The second-order valence-electron chi connectivity index (χ2n) is 7.23. The van der Waals surface area contributed by atoms with Crippen LogP contribution in [0.15, 0.2) is 24.3 Å². The van der Waals surface area contributed by atoms with Crippen molar-refractivity contribution in [1.29, 1.82) is 0 Å². The molecule has 2 saturated heterocycles. The third-order valence-electron chi connectivity index (χ3n) is 4.99. The normalized spacial score (nSPS) is 22.0. The van der Waals surface area contributed by atoms with E-state index in [9.17, 15) is 13.2 Å². The molecule has 0 aromatic heterocycles. The molecular formula is C19H28N2O6S. The number of hydrogen-bond acceptors (Lipinski definition) is 6. The Morgan fingerprint density at radius 2 is 1.96 bits per heavy atom. The zero-order valence-corrected chi connectivity index (χ0v) is 17.2. The second kappa shape index (κ2) is 9.21. The third-order valence-corrected chi connectivity index (χ3v) is 6.29. The molecular weight excluding hydrogens is 384 g/mol. The predicted molar refractivity (Wildman–Crippen MR) is 104 cm³/mol. The van der Waals surface area contributed by atoms with Crippen LogP contribution in [0.3, 0.4) is 0 Å². The molecule has 0 N–H and O–H groups in total. The first-order valence-electron chi connectivity index (χ1n) is 9.50. The summed E-state index contributed by atoms with van der Waals surface area (Å²) in [6.07, 6.45) is 2.17. The highest BCUT2D eigenvalue weighted by Crippen LogP contribution is 2.25. The van der Waals surface area contributed by atoms with Crippen LogP contribution in [0.25, 0.3) is 0 Å². The standard InChI is InChI=1S/C19H28N2O6S/c1-20(13-16-14-25-11-12-26-16)19(22)17-5-3-4-6-18(17)27-15-7-9-21(10-8-15)28(2,23)24/h3-6,15-16H,7-14H2,1-2H3. The Hall–Kier alpha value is -1.68. The fraction of sp³-hybridized carbons (Fsp3) is 0.632. The van der Waals surface area contributed by atoms with Gasteiger partial charge in [0.1, 0.15) is 11.9 Å². The van der Waals surface area contributed by atoms with Gasteiger partial charge in [-0.05, 0) is 25.0 Å². The summed E-state index contributed by atoms with van der Waals surface area (Å²) in [5.41, 5.74) is 0.493. The van der Waals surface area contributed by atoms with Crippen molar-refractivity contribution in [3.05, 3.63) is 29.8 Å². The maximum absolute atomic E-state index is 12.9. The molecule has 2 heterocycles. The summed E-state index contributed by atoms with van der Waals surface area (Å²) in [4.78, 5) is 14.5. The van der Waals surface area contributed by atoms with E-state index in [1.165, 1.54) is 10.6 Å². The van der Waals surface area contributed by atoms with Crippen LogP contribution >= 0.6 is 0 Å². The summed E-state index contributed by atoms with van der Waals surface area (Å²) in [6, 6.07) is 7.17. The number of sulfonamides is 1. The molecule has 28 heavy (non-hydrogen) atoms. The number of likely N-dealkylation sites (N-methyl/N-ethyl adjacent to an activating group) is 1. The van der Waals surface area contributed by atoms with Crippen LogP contribution in [0, 0.1) is 0 Å². The molecule has 2 fully saturated rings. The summed E-state index contributed by atoms with van der Waals surface area (Å²) in [6.45, 7) is 2.91. The number of ether oxygens (including phenoxy) is 3. The third kappa shape index (κ3) is 5.44. The van der Waals surface area contributed by atoms with E-state index in [2.05, 4.69) is 0 Å². The SMILES string of the molecule is CN(CC1COCCO1)C(=O)c1ccccc1OC1CCN(S(C)(=O)=O)CC1. The zero-order valence-electron chi connectivity index (χ0n) is 16.4. The number of amides is 1. The summed E-state index contributed by atoms with van der Waals surface area (Å²) in [5.74, 6) is 0.385. The molecule has 2 aliphatic heterocycles. The second-order valence-corrected chi connectivity index (χ2v) is 9.21. The molecule has 0 radical (unpaired) electrons. The molecule has 0 aliphatic carbocycles. The van der Waals surface area contributed by atoms with Gasteiger partial charge in [-0.25, -0.2) is 12.7 Å². The lowest BCUT2D eigenvalue weighted by atomic mass is 10.1. The van der Waals surface area contributed by atoms with Crippen molar-refractivity contribution in [2.45, 2.75) is 25.0 Å². The minimum Gasteiger partial charge on any atom is -0.489 e. The van der Waals surface area contributed by atoms with Gasteiger partial charge in [0, 0.05) is 26.7 Å². The van der Waals surface area contributed by atoms with Gasteiger partial charge in [0.2, 0.25) is 10.0 Å². The number of benzene rings is 1. The molecule has 8 nitrogen and oxygen atoms in total. The molecule has 0 spiro atoms. The lowest BCUT2D eigenvalue weighted by Crippen LogP contribution is -2.42. The summed E-state index contributed by atoms with van der Waals surface area (Å²) >= 11 is 0. The van der Waals surface area contributed by atoms with Gasteiger partial charge in [0.15, 0.2) is 0 Å². The highest BCUT2D eigenvalue weighted by molar-refractivity contribution is 7.88. The first-order chi connectivity index (χ1) is 13.3. The van der Waals surface area contributed by atoms with E-state index in [4.69, 9.17) is 14.2 Å². The van der Waals surface area contributed by atoms with Gasteiger partial charge in [0.05, 0.1) is 37.7 Å². The van der Waals surface area contributed by atoms with Crippen LogP contribution in [0.4, 0.5) is 0 Å². The molecule has 0 saturated carbocycles. The number of piperidine rings is 1. The minimum absolute atomic E-state index is 0.118. The molecule has 0 bridgehead atoms. The van der Waals surface area contributed by atoms with E-state index >= 15 is 0 Å². The number of para-hydroxylation sites is 1. The summed E-state index contributed by atoms with van der Waals surface area (Å²) in [7, 11) is -1.44. The fourth-order valence-corrected chi connectivity index (χ4v) is 4.32. The molecule has 3 rings (SSSR count). The molecule has 1 unspecified atom stereocenters. The monoisotopic (exact) mass is 412 g/mol. The molecule has 1 amide bonds. The highest BCUT2D eigenvalue weighted by Gasteiger charge is 2.28. The smallest absolute Gasteiger partial charge is 0.257 e. The Bertz CT molecular complexity index is 770.